The van der Waals surface area contributed by atoms with E-state index in [0.29, 0.717) is 12.4 Å². The summed E-state index contributed by atoms with van der Waals surface area (Å²) in [5.74, 6) is 1.52. The lowest BCUT2D eigenvalue weighted by atomic mass is 9.78. The average Bonchev–Trinajstić information content (AvgIpc) is 3.11. The van der Waals surface area contributed by atoms with Gasteiger partial charge in [-0.2, -0.15) is 5.10 Å². The van der Waals surface area contributed by atoms with Gasteiger partial charge in [0, 0.05) is 22.7 Å². The molecule has 3 aromatic rings. The number of nitrogens with one attached hydrogen (secondary N) is 1. The van der Waals surface area contributed by atoms with E-state index in [1.807, 2.05) is 35.9 Å². The third-order valence-electron chi connectivity index (χ3n) is 5.12. The van der Waals surface area contributed by atoms with Gasteiger partial charge in [-0.1, -0.05) is 0 Å². The van der Waals surface area contributed by atoms with Crippen LogP contribution in [0.4, 0.5) is 5.82 Å². The van der Waals surface area contributed by atoms with Crippen molar-refractivity contribution >= 4 is 16.7 Å². The first-order chi connectivity index (χ1) is 11.5. The highest BCUT2D eigenvalue weighted by atomic mass is 16.5. The van der Waals surface area contributed by atoms with Crippen molar-refractivity contribution in [1.82, 2.24) is 14.8 Å². The van der Waals surface area contributed by atoms with E-state index in [-0.39, 0.29) is 5.54 Å². The molecule has 0 aliphatic heterocycles. The van der Waals surface area contributed by atoms with E-state index in [9.17, 15) is 0 Å². The van der Waals surface area contributed by atoms with Crippen LogP contribution in [0, 0.1) is 13.8 Å². The Balaban J connectivity index is 1.83. The summed E-state index contributed by atoms with van der Waals surface area (Å²) >= 11 is 0. The number of nitrogens with two attached hydrogens (primary N) is 2. The van der Waals surface area contributed by atoms with E-state index in [2.05, 4.69) is 17.1 Å². The molecule has 4 rings (SSSR count). The Morgan fingerprint density at radius 2 is 2.12 bits per heavy atom. The van der Waals surface area contributed by atoms with E-state index in [1.54, 1.807) is 0 Å². The Bertz CT molecular complexity index is 884. The van der Waals surface area contributed by atoms with Gasteiger partial charge >= 0.3 is 0 Å². The zero-order valence-electron chi connectivity index (χ0n) is 14.1. The largest absolute Gasteiger partial charge is 0.491 e. The van der Waals surface area contributed by atoms with Crippen molar-refractivity contribution in [3.05, 3.63) is 35.7 Å². The molecule has 1 fully saturated rings. The average molecular weight is 325 g/mol. The molecule has 1 saturated carbocycles. The number of nitrogens with zero attached hydrogens (tertiary/aromatic N) is 2. The van der Waals surface area contributed by atoms with Gasteiger partial charge in [0.25, 0.3) is 0 Å². The monoisotopic (exact) mass is 325 g/mol. The molecule has 0 atom stereocenters. The Morgan fingerprint density at radius 3 is 2.75 bits per heavy atom. The maximum Gasteiger partial charge on any atom is 0.126 e. The molecule has 2 aromatic heterocycles. The molecule has 6 nitrogen and oxygen atoms in total. The zero-order valence-corrected chi connectivity index (χ0v) is 14.1. The Hall–Kier alpha value is -2.47. The van der Waals surface area contributed by atoms with Crippen molar-refractivity contribution in [2.45, 2.75) is 38.6 Å². The third kappa shape index (κ3) is 2.26. The van der Waals surface area contributed by atoms with Gasteiger partial charge in [0.05, 0.1) is 22.9 Å². The first-order valence-corrected chi connectivity index (χ1v) is 8.31. The Morgan fingerprint density at radius 1 is 1.33 bits per heavy atom. The highest BCUT2D eigenvalue weighted by molar-refractivity contribution is 5.91. The van der Waals surface area contributed by atoms with Crippen LogP contribution in [0.2, 0.25) is 0 Å². The molecule has 0 bridgehead atoms. The molecule has 126 valence electrons. The number of ether oxygens (including phenoxy) is 1. The molecule has 0 unspecified atom stereocenters. The summed E-state index contributed by atoms with van der Waals surface area (Å²) in [4.78, 5) is 0. The summed E-state index contributed by atoms with van der Waals surface area (Å²) < 4.78 is 8.16. The molecule has 0 spiro atoms. The minimum absolute atomic E-state index is 0.183. The van der Waals surface area contributed by atoms with Gasteiger partial charge < -0.3 is 16.2 Å². The summed E-state index contributed by atoms with van der Waals surface area (Å²) in [5, 5.41) is 8.25. The predicted molar refractivity (Wildman–Crippen MR) is 95.6 cm³/mol. The second-order valence-electron chi connectivity index (χ2n) is 6.92. The van der Waals surface area contributed by atoms with Gasteiger partial charge in [-0.3, -0.25) is 9.67 Å². The number of hydrogen-bond acceptors (Lipinski definition) is 4. The SMILES string of the molecule is Cc1c(OCC2(N)CCC2)cc2[nH]ncc2c1-n1c(C)ccc1N. The highest BCUT2D eigenvalue weighted by Gasteiger charge is 2.33. The smallest absolute Gasteiger partial charge is 0.126 e. The number of aromatic amines is 1. The first kappa shape index (κ1) is 15.1. The second-order valence-corrected chi connectivity index (χ2v) is 6.92. The van der Waals surface area contributed by atoms with Crippen LogP contribution >= 0.6 is 0 Å². The molecule has 5 N–H and O–H groups in total. The van der Waals surface area contributed by atoms with E-state index in [1.165, 1.54) is 6.42 Å². The minimum atomic E-state index is -0.183. The molecule has 6 heteroatoms. The summed E-state index contributed by atoms with van der Waals surface area (Å²) in [7, 11) is 0. The number of nitrogen functional groups attached to an aromatic ring is 1. The quantitative estimate of drug-likeness (QED) is 0.687. The van der Waals surface area contributed by atoms with Crippen molar-refractivity contribution in [3.63, 3.8) is 0 Å². The lowest BCUT2D eigenvalue weighted by Gasteiger charge is -2.37. The molecular weight excluding hydrogens is 302 g/mol. The fourth-order valence-corrected chi connectivity index (χ4v) is 3.45. The topological polar surface area (TPSA) is 94.9 Å². The van der Waals surface area contributed by atoms with Crippen molar-refractivity contribution in [2.24, 2.45) is 5.73 Å². The number of benzene rings is 1. The summed E-state index contributed by atoms with van der Waals surface area (Å²) in [6.45, 7) is 4.63. The molecule has 1 aliphatic rings. The van der Waals surface area contributed by atoms with Gasteiger partial charge in [0.2, 0.25) is 0 Å². The summed E-state index contributed by atoms with van der Waals surface area (Å²) in [6.07, 6.45) is 5.06. The molecule has 1 aliphatic carbocycles. The molecule has 24 heavy (non-hydrogen) atoms. The maximum absolute atomic E-state index is 6.30. The highest BCUT2D eigenvalue weighted by Crippen LogP contribution is 2.36. The van der Waals surface area contributed by atoms with Crippen LogP contribution in [-0.2, 0) is 0 Å². The van der Waals surface area contributed by atoms with Crippen LogP contribution in [0.1, 0.15) is 30.5 Å². The van der Waals surface area contributed by atoms with E-state index in [4.69, 9.17) is 16.2 Å². The fourth-order valence-electron chi connectivity index (χ4n) is 3.45. The Kier molecular flexibility index (Phi) is 3.31. The number of rotatable bonds is 4. The van der Waals surface area contributed by atoms with E-state index < -0.39 is 0 Å². The normalized spacial score (nSPS) is 16.3. The van der Waals surface area contributed by atoms with Crippen molar-refractivity contribution < 1.29 is 4.74 Å². The zero-order chi connectivity index (χ0) is 16.9. The van der Waals surface area contributed by atoms with Gasteiger partial charge in [-0.05, 0) is 45.2 Å². The maximum atomic E-state index is 6.30. The van der Waals surface area contributed by atoms with Crippen molar-refractivity contribution in [2.75, 3.05) is 12.3 Å². The summed E-state index contributed by atoms with van der Waals surface area (Å²) in [6, 6.07) is 5.92. The number of aryl methyl sites for hydroxylation is 1. The van der Waals surface area contributed by atoms with Gasteiger partial charge in [-0.25, -0.2) is 0 Å². The van der Waals surface area contributed by atoms with Crippen LogP contribution in [0.15, 0.2) is 24.4 Å². The van der Waals surface area contributed by atoms with E-state index >= 15 is 0 Å². The number of anilines is 1. The lowest BCUT2D eigenvalue weighted by molar-refractivity contribution is 0.141. The second kappa shape index (κ2) is 5.27. The molecule has 0 amide bonds. The number of H-pyrrole nitrogens is 1. The van der Waals surface area contributed by atoms with Crippen molar-refractivity contribution in [3.8, 4) is 11.4 Å². The van der Waals surface area contributed by atoms with Gasteiger partial charge in [-0.15, -0.1) is 0 Å². The molecule has 0 saturated heterocycles. The molecule has 0 radical (unpaired) electrons. The minimum Gasteiger partial charge on any atom is -0.491 e. The van der Waals surface area contributed by atoms with Gasteiger partial charge in [0.15, 0.2) is 0 Å². The lowest BCUT2D eigenvalue weighted by Crippen LogP contribution is -2.51. The van der Waals surface area contributed by atoms with E-state index in [0.717, 1.165) is 46.4 Å². The number of fused-ring (bicyclic) bond motifs is 1. The van der Waals surface area contributed by atoms with Crippen LogP contribution in [0.25, 0.3) is 16.6 Å². The number of aromatic nitrogens is 3. The fraction of sp³-hybridized carbons (Fsp3) is 0.389. The molecule has 2 heterocycles. The van der Waals surface area contributed by atoms with Crippen LogP contribution < -0.4 is 16.2 Å². The standard InChI is InChI=1S/C18H23N5O/c1-11-4-5-16(19)23(11)17-12(2)15(8-14-13(17)9-21-22-14)24-10-18(20)6-3-7-18/h4-5,8-9H,3,6-7,10,19-20H2,1-2H3,(H,21,22). The van der Waals surface area contributed by atoms with Gasteiger partial charge in [0.1, 0.15) is 18.2 Å². The first-order valence-electron chi connectivity index (χ1n) is 8.31. The van der Waals surface area contributed by atoms with Crippen LogP contribution in [-0.4, -0.2) is 26.9 Å². The summed E-state index contributed by atoms with van der Waals surface area (Å²) in [5.41, 5.74) is 16.4. The van der Waals surface area contributed by atoms with Crippen molar-refractivity contribution in [1.29, 1.82) is 0 Å². The third-order valence-corrected chi connectivity index (χ3v) is 5.12. The van der Waals surface area contributed by atoms with Crippen LogP contribution in [0.3, 0.4) is 0 Å². The molecule has 1 aromatic carbocycles. The Labute approximate surface area is 140 Å². The predicted octanol–water partition coefficient (Wildman–Crippen LogP) is 2.81. The number of hydrogen-bond donors (Lipinski definition) is 3. The van der Waals surface area contributed by atoms with Crippen LogP contribution in [0.5, 0.6) is 5.75 Å². The molecular formula is C18H23N5O.